The third-order valence-corrected chi connectivity index (χ3v) is 9.48. The molecule has 0 unspecified atom stereocenters. The highest BCUT2D eigenvalue weighted by Gasteiger charge is 2.35. The summed E-state index contributed by atoms with van der Waals surface area (Å²) in [5.74, 6) is -0.606. The third-order valence-electron chi connectivity index (χ3n) is 7.47. The van der Waals surface area contributed by atoms with Gasteiger partial charge in [0.25, 0.3) is 10.0 Å². The smallest absolute Gasteiger partial charge is 0.264 e. The molecule has 0 aliphatic carbocycles. The molecule has 1 N–H and O–H groups in total. The standard InChI is InChI=1S/C36H40ClN3O4S/c1-26(2)23-38-36(42)34(22-29-11-7-5-8-12-29)39(24-30-17-15-27(3)16-18-30)35(41)25-40(33-20-19-31(37)21-28(33)4)45(43,44)32-13-9-6-10-14-32/h5-21,26,34H,22-25H2,1-4H3,(H,38,42)/t34-/m0/s1. The summed E-state index contributed by atoms with van der Waals surface area (Å²) in [6, 6.07) is 29.2. The number of carbonyl (C=O) groups excluding carboxylic acids is 2. The first-order valence-electron chi connectivity index (χ1n) is 15.0. The van der Waals surface area contributed by atoms with E-state index in [1.807, 2.05) is 75.4 Å². The molecule has 0 saturated heterocycles. The van der Waals surface area contributed by atoms with Crippen LogP contribution in [-0.2, 0) is 32.6 Å². The lowest BCUT2D eigenvalue weighted by Crippen LogP contribution is -2.53. The van der Waals surface area contributed by atoms with Crippen LogP contribution in [-0.4, -0.2) is 44.3 Å². The molecule has 0 aliphatic heterocycles. The number of halogens is 1. The average Bonchev–Trinajstić information content (AvgIpc) is 3.02. The predicted octanol–water partition coefficient (Wildman–Crippen LogP) is 6.56. The Kier molecular flexibility index (Phi) is 11.4. The first-order valence-corrected chi connectivity index (χ1v) is 16.8. The van der Waals surface area contributed by atoms with E-state index in [4.69, 9.17) is 11.6 Å². The third kappa shape index (κ3) is 8.96. The highest BCUT2D eigenvalue weighted by Crippen LogP contribution is 2.29. The number of nitrogens with zero attached hydrogens (tertiary/aromatic N) is 2. The Balaban J connectivity index is 1.81. The van der Waals surface area contributed by atoms with Gasteiger partial charge >= 0.3 is 0 Å². The zero-order valence-electron chi connectivity index (χ0n) is 26.1. The second kappa shape index (κ2) is 15.2. The number of anilines is 1. The maximum Gasteiger partial charge on any atom is 0.264 e. The van der Waals surface area contributed by atoms with Gasteiger partial charge in [0.2, 0.25) is 11.8 Å². The van der Waals surface area contributed by atoms with Crippen molar-refractivity contribution in [2.24, 2.45) is 5.92 Å². The summed E-state index contributed by atoms with van der Waals surface area (Å²) in [6.45, 7) is 7.77. The topological polar surface area (TPSA) is 86.8 Å². The van der Waals surface area contributed by atoms with Crippen LogP contribution in [0.15, 0.2) is 108 Å². The van der Waals surface area contributed by atoms with E-state index in [1.165, 1.54) is 17.0 Å². The van der Waals surface area contributed by atoms with Gasteiger partial charge in [-0.15, -0.1) is 0 Å². The van der Waals surface area contributed by atoms with E-state index in [0.29, 0.717) is 22.8 Å². The molecule has 0 aromatic heterocycles. The van der Waals surface area contributed by atoms with Gasteiger partial charge in [0.15, 0.2) is 0 Å². The number of sulfonamides is 1. The second-order valence-electron chi connectivity index (χ2n) is 11.6. The van der Waals surface area contributed by atoms with Crippen molar-refractivity contribution in [2.45, 2.75) is 51.6 Å². The first-order chi connectivity index (χ1) is 21.5. The molecule has 0 spiro atoms. The van der Waals surface area contributed by atoms with Crippen molar-refractivity contribution in [3.05, 3.63) is 130 Å². The Morgan fingerprint density at radius 3 is 2.04 bits per heavy atom. The summed E-state index contributed by atoms with van der Waals surface area (Å²) in [7, 11) is -4.18. The Labute approximate surface area is 271 Å². The number of carbonyl (C=O) groups is 2. The molecule has 0 saturated carbocycles. The van der Waals surface area contributed by atoms with Gasteiger partial charge in [-0.25, -0.2) is 8.42 Å². The van der Waals surface area contributed by atoms with Crippen molar-refractivity contribution in [3.8, 4) is 0 Å². The summed E-state index contributed by atoms with van der Waals surface area (Å²) in [6.07, 6.45) is 0.258. The SMILES string of the molecule is Cc1ccc(CN(C(=O)CN(c2ccc(Cl)cc2C)S(=O)(=O)c2ccccc2)[C@@H](Cc2ccccc2)C(=O)NCC(C)C)cc1. The monoisotopic (exact) mass is 645 g/mol. The Hall–Kier alpha value is -4.14. The van der Waals surface area contributed by atoms with Crippen LogP contribution in [0.25, 0.3) is 0 Å². The van der Waals surface area contributed by atoms with E-state index in [9.17, 15) is 18.0 Å². The summed E-state index contributed by atoms with van der Waals surface area (Å²) in [4.78, 5) is 30.0. The molecule has 45 heavy (non-hydrogen) atoms. The fraction of sp³-hybridized carbons (Fsp3) is 0.278. The summed E-state index contributed by atoms with van der Waals surface area (Å²) in [5, 5.41) is 3.46. The Morgan fingerprint density at radius 1 is 0.822 bits per heavy atom. The fourth-order valence-electron chi connectivity index (χ4n) is 5.00. The van der Waals surface area contributed by atoms with Gasteiger partial charge < -0.3 is 10.2 Å². The molecular formula is C36H40ClN3O4S. The number of aryl methyl sites for hydroxylation is 2. The normalized spacial score (nSPS) is 12.0. The summed E-state index contributed by atoms with van der Waals surface area (Å²) < 4.78 is 29.4. The number of benzene rings is 4. The van der Waals surface area contributed by atoms with Crippen molar-refractivity contribution >= 4 is 39.1 Å². The van der Waals surface area contributed by atoms with Crippen LogP contribution in [0.2, 0.25) is 5.02 Å². The first kappa shape index (κ1) is 33.7. The molecule has 0 radical (unpaired) electrons. The highest BCUT2D eigenvalue weighted by molar-refractivity contribution is 7.92. The van der Waals surface area contributed by atoms with E-state index in [1.54, 1.807) is 43.3 Å². The van der Waals surface area contributed by atoms with Crippen LogP contribution in [0.4, 0.5) is 5.69 Å². The maximum atomic E-state index is 14.5. The van der Waals surface area contributed by atoms with E-state index >= 15 is 0 Å². The number of hydrogen-bond acceptors (Lipinski definition) is 4. The van der Waals surface area contributed by atoms with Gasteiger partial charge in [0.05, 0.1) is 10.6 Å². The quantitative estimate of drug-likeness (QED) is 0.178. The molecule has 2 amide bonds. The van der Waals surface area contributed by atoms with Crippen molar-refractivity contribution < 1.29 is 18.0 Å². The van der Waals surface area contributed by atoms with Gasteiger partial charge in [-0.3, -0.25) is 13.9 Å². The molecule has 7 nitrogen and oxygen atoms in total. The van der Waals surface area contributed by atoms with E-state index < -0.39 is 28.5 Å². The molecule has 4 rings (SSSR count). The zero-order chi connectivity index (χ0) is 32.6. The van der Waals surface area contributed by atoms with Gasteiger partial charge in [-0.1, -0.05) is 104 Å². The molecule has 0 fully saturated rings. The lowest BCUT2D eigenvalue weighted by Gasteiger charge is -2.34. The molecule has 9 heteroatoms. The minimum absolute atomic E-state index is 0.0488. The van der Waals surface area contributed by atoms with Crippen LogP contribution >= 0.6 is 11.6 Å². The number of hydrogen-bond donors (Lipinski definition) is 1. The van der Waals surface area contributed by atoms with Crippen molar-refractivity contribution in [2.75, 3.05) is 17.4 Å². The zero-order valence-corrected chi connectivity index (χ0v) is 27.7. The van der Waals surface area contributed by atoms with E-state index in [0.717, 1.165) is 21.0 Å². The fourth-order valence-corrected chi connectivity index (χ4v) is 6.72. The van der Waals surface area contributed by atoms with Crippen LogP contribution in [0.1, 0.15) is 36.1 Å². The van der Waals surface area contributed by atoms with E-state index in [2.05, 4.69) is 5.32 Å². The summed E-state index contributed by atoms with van der Waals surface area (Å²) in [5.41, 5.74) is 3.69. The van der Waals surface area contributed by atoms with Gasteiger partial charge in [-0.05, 0) is 66.8 Å². The molecule has 236 valence electrons. The maximum absolute atomic E-state index is 14.5. The van der Waals surface area contributed by atoms with Gasteiger partial charge in [-0.2, -0.15) is 0 Å². The minimum Gasteiger partial charge on any atom is -0.354 e. The summed E-state index contributed by atoms with van der Waals surface area (Å²) >= 11 is 6.23. The molecule has 0 bridgehead atoms. The lowest BCUT2D eigenvalue weighted by atomic mass is 10.0. The van der Waals surface area contributed by atoms with Crippen molar-refractivity contribution in [1.29, 1.82) is 0 Å². The average molecular weight is 646 g/mol. The molecule has 4 aromatic rings. The highest BCUT2D eigenvalue weighted by atomic mass is 35.5. The molecule has 4 aromatic carbocycles. The molecule has 1 atom stereocenters. The van der Waals surface area contributed by atoms with Crippen LogP contribution in [0.5, 0.6) is 0 Å². The number of rotatable bonds is 13. The minimum atomic E-state index is -4.18. The van der Waals surface area contributed by atoms with Gasteiger partial charge in [0, 0.05) is 24.5 Å². The largest absolute Gasteiger partial charge is 0.354 e. The van der Waals surface area contributed by atoms with Crippen LogP contribution < -0.4 is 9.62 Å². The number of amides is 2. The van der Waals surface area contributed by atoms with Crippen molar-refractivity contribution in [3.63, 3.8) is 0 Å². The Morgan fingerprint density at radius 2 is 1.44 bits per heavy atom. The molecule has 0 heterocycles. The van der Waals surface area contributed by atoms with Crippen LogP contribution in [0.3, 0.4) is 0 Å². The van der Waals surface area contributed by atoms with E-state index in [-0.39, 0.29) is 29.7 Å². The predicted molar refractivity (Wildman–Crippen MR) is 181 cm³/mol. The Bertz CT molecular complexity index is 1700. The van der Waals surface area contributed by atoms with Crippen molar-refractivity contribution in [1.82, 2.24) is 10.2 Å². The number of nitrogens with one attached hydrogen (secondary N) is 1. The molecular weight excluding hydrogens is 606 g/mol. The van der Waals surface area contributed by atoms with Gasteiger partial charge in [0.1, 0.15) is 12.6 Å². The lowest BCUT2D eigenvalue weighted by molar-refractivity contribution is -0.140. The van der Waals surface area contributed by atoms with Crippen LogP contribution in [0, 0.1) is 19.8 Å². The molecule has 0 aliphatic rings. The second-order valence-corrected chi connectivity index (χ2v) is 13.9.